The van der Waals surface area contributed by atoms with Gasteiger partial charge in [-0.15, -0.1) is 0 Å². The molecule has 1 aromatic heterocycles. The fourth-order valence-corrected chi connectivity index (χ4v) is 3.23. The van der Waals surface area contributed by atoms with Crippen molar-refractivity contribution in [2.45, 2.75) is 18.4 Å². The predicted molar refractivity (Wildman–Crippen MR) is 95.3 cm³/mol. The Hall–Kier alpha value is -2.21. The van der Waals surface area contributed by atoms with Crippen LogP contribution in [0.15, 0.2) is 54.6 Å². The molecule has 2 aromatic carbocycles. The third-order valence-corrected chi connectivity index (χ3v) is 4.40. The lowest BCUT2D eigenvalue weighted by Gasteiger charge is -2.14. The third-order valence-electron chi connectivity index (χ3n) is 3.84. The Morgan fingerprint density at radius 2 is 1.60 bits per heavy atom. The van der Waals surface area contributed by atoms with Crippen molar-refractivity contribution in [1.29, 1.82) is 0 Å². The molecule has 0 fully saturated rings. The van der Waals surface area contributed by atoms with Crippen LogP contribution in [0.2, 0.25) is 0 Å². The van der Waals surface area contributed by atoms with Gasteiger partial charge in [-0.3, -0.25) is 0 Å². The zero-order valence-corrected chi connectivity index (χ0v) is 14.9. The van der Waals surface area contributed by atoms with Crippen LogP contribution in [0, 0.1) is 6.92 Å². The molecule has 0 spiro atoms. The molecule has 0 saturated heterocycles. The van der Waals surface area contributed by atoms with Crippen LogP contribution in [0.4, 0.5) is 13.2 Å². The van der Waals surface area contributed by atoms with Crippen molar-refractivity contribution in [3.05, 3.63) is 71.4 Å². The van der Waals surface area contributed by atoms with Gasteiger partial charge in [-0.25, -0.2) is 9.97 Å². The molecule has 6 heteroatoms. The minimum atomic E-state index is -4.39. The van der Waals surface area contributed by atoms with E-state index in [1.807, 2.05) is 37.3 Å². The average molecular weight is 407 g/mol. The molecule has 1 heterocycles. The monoisotopic (exact) mass is 406 g/mol. The van der Waals surface area contributed by atoms with Crippen LogP contribution in [-0.4, -0.2) is 9.97 Å². The van der Waals surface area contributed by atoms with Gasteiger partial charge in [0.1, 0.15) is 0 Å². The van der Waals surface area contributed by atoms with Crippen molar-refractivity contribution in [3.8, 4) is 22.6 Å². The topological polar surface area (TPSA) is 25.8 Å². The Morgan fingerprint density at radius 1 is 0.920 bits per heavy atom. The highest BCUT2D eigenvalue weighted by Gasteiger charge is 2.30. The molecule has 25 heavy (non-hydrogen) atoms. The Labute approximate surface area is 151 Å². The predicted octanol–water partition coefficient (Wildman–Crippen LogP) is 6.03. The smallest absolute Gasteiger partial charge is 0.233 e. The Morgan fingerprint density at radius 3 is 2.24 bits per heavy atom. The fraction of sp³-hybridized carbons (Fsp3) is 0.158. The summed E-state index contributed by atoms with van der Waals surface area (Å²) in [5, 5.41) is 0.458. The van der Waals surface area contributed by atoms with Gasteiger partial charge in [-0.2, -0.15) is 13.2 Å². The quantitative estimate of drug-likeness (QED) is 0.496. The van der Waals surface area contributed by atoms with E-state index in [4.69, 9.17) is 0 Å². The first kappa shape index (κ1) is 17.6. The molecule has 0 unspecified atom stereocenters. The molecular formula is C19H14BrF3N2. The number of aryl methyl sites for hydroxylation is 1. The van der Waals surface area contributed by atoms with Crippen LogP contribution in [0.5, 0.6) is 0 Å². The van der Waals surface area contributed by atoms with Crippen molar-refractivity contribution in [1.82, 2.24) is 9.97 Å². The summed E-state index contributed by atoms with van der Waals surface area (Å²) in [6.07, 6.45) is -4.39. The highest BCUT2D eigenvalue weighted by Crippen LogP contribution is 2.34. The molecule has 3 rings (SSSR count). The van der Waals surface area contributed by atoms with Gasteiger partial charge in [0.15, 0.2) is 5.82 Å². The van der Waals surface area contributed by atoms with E-state index in [0.29, 0.717) is 22.4 Å². The van der Waals surface area contributed by atoms with Crippen LogP contribution >= 0.6 is 15.9 Å². The van der Waals surface area contributed by atoms with Gasteiger partial charge in [0.2, 0.25) is 0 Å². The van der Waals surface area contributed by atoms with Gasteiger partial charge < -0.3 is 0 Å². The molecular weight excluding hydrogens is 393 g/mol. The first-order valence-corrected chi connectivity index (χ1v) is 8.69. The molecule has 0 bridgehead atoms. The number of nitrogens with zero attached hydrogens (tertiary/aromatic N) is 2. The second kappa shape index (κ2) is 6.96. The second-order valence-electron chi connectivity index (χ2n) is 5.54. The molecule has 0 radical (unpaired) electrons. The van der Waals surface area contributed by atoms with E-state index in [-0.39, 0.29) is 0 Å². The van der Waals surface area contributed by atoms with Gasteiger partial charge in [0.05, 0.1) is 11.3 Å². The van der Waals surface area contributed by atoms with E-state index in [1.54, 1.807) is 6.07 Å². The maximum atomic E-state index is 13.0. The normalized spacial score (nSPS) is 11.6. The van der Waals surface area contributed by atoms with Crippen LogP contribution in [0.1, 0.15) is 16.8 Å². The lowest BCUT2D eigenvalue weighted by atomic mass is 10.0. The number of aromatic nitrogens is 2. The van der Waals surface area contributed by atoms with Crippen molar-refractivity contribution < 1.29 is 13.2 Å². The molecule has 0 saturated carbocycles. The zero-order chi connectivity index (χ0) is 18.0. The molecule has 0 amide bonds. The Bertz CT molecular complexity index is 893. The largest absolute Gasteiger partial charge is 0.416 e. The lowest BCUT2D eigenvalue weighted by molar-refractivity contribution is -0.137. The average Bonchev–Trinajstić information content (AvgIpc) is 2.61. The number of hydrogen-bond donors (Lipinski definition) is 0. The first-order valence-electron chi connectivity index (χ1n) is 7.56. The van der Waals surface area contributed by atoms with Crippen molar-refractivity contribution in [3.63, 3.8) is 0 Å². The Kier molecular flexibility index (Phi) is 4.90. The van der Waals surface area contributed by atoms with E-state index in [0.717, 1.165) is 29.0 Å². The SMILES string of the molecule is Cc1nc(-c2ccccc2)nc(-c2cccc(C(F)(F)F)c2)c1CBr. The number of hydrogen-bond acceptors (Lipinski definition) is 2. The minimum Gasteiger partial charge on any atom is -0.233 e. The van der Waals surface area contributed by atoms with Crippen LogP contribution in [-0.2, 0) is 11.5 Å². The summed E-state index contributed by atoms with van der Waals surface area (Å²) >= 11 is 3.39. The van der Waals surface area contributed by atoms with Gasteiger partial charge in [-0.05, 0) is 19.1 Å². The number of benzene rings is 2. The van der Waals surface area contributed by atoms with Crippen LogP contribution in [0.25, 0.3) is 22.6 Å². The van der Waals surface area contributed by atoms with Crippen molar-refractivity contribution in [2.24, 2.45) is 0 Å². The van der Waals surface area contributed by atoms with Gasteiger partial charge in [-0.1, -0.05) is 58.4 Å². The highest BCUT2D eigenvalue weighted by atomic mass is 79.9. The maximum absolute atomic E-state index is 13.0. The van der Waals surface area contributed by atoms with Crippen LogP contribution in [0.3, 0.4) is 0 Å². The zero-order valence-electron chi connectivity index (χ0n) is 13.3. The van der Waals surface area contributed by atoms with Gasteiger partial charge in [0.25, 0.3) is 0 Å². The summed E-state index contributed by atoms with van der Waals surface area (Å²) < 4.78 is 39.1. The minimum absolute atomic E-state index is 0.423. The standard InChI is InChI=1S/C19H14BrF3N2/c1-12-16(11-20)17(14-8-5-9-15(10-14)19(21,22)23)25-18(24-12)13-6-3-2-4-7-13/h2-10H,11H2,1H3. The number of rotatable bonds is 3. The van der Waals surface area contributed by atoms with E-state index in [1.165, 1.54) is 6.07 Å². The van der Waals surface area contributed by atoms with E-state index in [9.17, 15) is 13.2 Å². The lowest BCUT2D eigenvalue weighted by Crippen LogP contribution is -2.06. The summed E-state index contributed by atoms with van der Waals surface area (Å²) in [5.74, 6) is 0.496. The van der Waals surface area contributed by atoms with Crippen molar-refractivity contribution >= 4 is 15.9 Å². The fourth-order valence-electron chi connectivity index (χ4n) is 2.55. The third kappa shape index (κ3) is 3.74. The second-order valence-corrected chi connectivity index (χ2v) is 6.10. The summed E-state index contributed by atoms with van der Waals surface area (Å²) in [5.41, 5.74) is 2.57. The molecule has 0 N–H and O–H groups in total. The highest BCUT2D eigenvalue weighted by molar-refractivity contribution is 9.08. The van der Waals surface area contributed by atoms with Crippen molar-refractivity contribution in [2.75, 3.05) is 0 Å². The van der Waals surface area contributed by atoms with Gasteiger partial charge >= 0.3 is 6.18 Å². The van der Waals surface area contributed by atoms with Gasteiger partial charge in [0, 0.05) is 27.7 Å². The molecule has 2 nitrogen and oxygen atoms in total. The molecule has 3 aromatic rings. The van der Waals surface area contributed by atoms with E-state index >= 15 is 0 Å². The molecule has 0 aliphatic carbocycles. The first-order chi connectivity index (χ1) is 11.9. The number of alkyl halides is 4. The van der Waals surface area contributed by atoms with Crippen LogP contribution < -0.4 is 0 Å². The van der Waals surface area contributed by atoms with E-state index < -0.39 is 11.7 Å². The molecule has 0 atom stereocenters. The molecule has 0 aliphatic heterocycles. The summed E-state index contributed by atoms with van der Waals surface area (Å²) in [7, 11) is 0. The van der Waals surface area contributed by atoms with E-state index in [2.05, 4.69) is 25.9 Å². The summed E-state index contributed by atoms with van der Waals surface area (Å²) in [4.78, 5) is 9.07. The summed E-state index contributed by atoms with van der Waals surface area (Å²) in [6.45, 7) is 1.84. The summed E-state index contributed by atoms with van der Waals surface area (Å²) in [6, 6.07) is 14.6. The number of halogens is 4. The Balaban J connectivity index is 2.20. The molecule has 0 aliphatic rings. The maximum Gasteiger partial charge on any atom is 0.416 e. The molecule has 128 valence electrons.